The molecule has 3 heterocycles. The zero-order valence-corrected chi connectivity index (χ0v) is 15.0. The zero-order chi connectivity index (χ0) is 17.4. The SMILES string of the molecule is Cc1nn(C)c2sc(C(=O)NC(C)C(=O)N3CCCC(N)C3)cc12. The van der Waals surface area contributed by atoms with Crippen LogP contribution in [0.25, 0.3) is 10.2 Å². The summed E-state index contributed by atoms with van der Waals surface area (Å²) in [5.74, 6) is -0.296. The van der Waals surface area contributed by atoms with Gasteiger partial charge in [0.25, 0.3) is 5.91 Å². The zero-order valence-electron chi connectivity index (χ0n) is 14.2. The minimum absolute atomic E-state index is 0.0312. The highest BCUT2D eigenvalue weighted by atomic mass is 32.1. The Morgan fingerprint density at radius 1 is 1.50 bits per heavy atom. The molecule has 0 aromatic carbocycles. The van der Waals surface area contributed by atoms with E-state index in [9.17, 15) is 9.59 Å². The Morgan fingerprint density at radius 2 is 2.25 bits per heavy atom. The van der Waals surface area contributed by atoms with Gasteiger partial charge in [0.15, 0.2) is 0 Å². The number of hydrogen-bond acceptors (Lipinski definition) is 5. The number of rotatable bonds is 3. The number of aromatic nitrogens is 2. The fourth-order valence-electron chi connectivity index (χ4n) is 3.13. The van der Waals surface area contributed by atoms with Crippen molar-refractivity contribution in [1.29, 1.82) is 0 Å². The van der Waals surface area contributed by atoms with Crippen molar-refractivity contribution in [2.24, 2.45) is 12.8 Å². The van der Waals surface area contributed by atoms with Crippen LogP contribution in [0.4, 0.5) is 0 Å². The Kier molecular flexibility index (Phi) is 4.60. The molecule has 0 spiro atoms. The van der Waals surface area contributed by atoms with Gasteiger partial charge in [0, 0.05) is 31.6 Å². The molecule has 130 valence electrons. The second kappa shape index (κ2) is 6.52. The van der Waals surface area contributed by atoms with E-state index in [-0.39, 0.29) is 17.9 Å². The van der Waals surface area contributed by atoms with Gasteiger partial charge >= 0.3 is 0 Å². The number of likely N-dealkylation sites (tertiary alicyclic amines) is 1. The Morgan fingerprint density at radius 3 is 2.92 bits per heavy atom. The van der Waals surface area contributed by atoms with Crippen LogP contribution in [0.2, 0.25) is 0 Å². The first-order valence-electron chi connectivity index (χ1n) is 8.15. The van der Waals surface area contributed by atoms with E-state index in [1.807, 2.05) is 20.0 Å². The molecule has 2 aromatic rings. The van der Waals surface area contributed by atoms with Gasteiger partial charge in [-0.15, -0.1) is 11.3 Å². The Hall–Kier alpha value is -1.93. The highest BCUT2D eigenvalue weighted by Crippen LogP contribution is 2.27. The van der Waals surface area contributed by atoms with E-state index in [0.29, 0.717) is 18.0 Å². The number of nitrogens with two attached hydrogens (primary N) is 1. The molecule has 1 aliphatic rings. The van der Waals surface area contributed by atoms with Crippen LogP contribution in [-0.2, 0) is 11.8 Å². The molecule has 1 fully saturated rings. The van der Waals surface area contributed by atoms with Crippen LogP contribution in [0.5, 0.6) is 0 Å². The van der Waals surface area contributed by atoms with Gasteiger partial charge in [-0.25, -0.2) is 0 Å². The molecule has 3 rings (SSSR count). The average molecular weight is 349 g/mol. The summed E-state index contributed by atoms with van der Waals surface area (Å²) in [6, 6.07) is 1.31. The molecule has 2 unspecified atom stereocenters. The fraction of sp³-hybridized carbons (Fsp3) is 0.562. The van der Waals surface area contributed by atoms with Gasteiger partial charge in [-0.2, -0.15) is 5.10 Å². The molecule has 24 heavy (non-hydrogen) atoms. The van der Waals surface area contributed by atoms with Gasteiger partial charge < -0.3 is 16.0 Å². The molecule has 1 saturated heterocycles. The molecule has 8 heteroatoms. The van der Waals surface area contributed by atoms with Gasteiger partial charge in [-0.1, -0.05) is 0 Å². The molecule has 1 aliphatic heterocycles. The number of nitrogens with one attached hydrogen (secondary N) is 1. The smallest absolute Gasteiger partial charge is 0.262 e. The lowest BCUT2D eigenvalue weighted by Crippen LogP contribution is -2.52. The molecule has 7 nitrogen and oxygen atoms in total. The summed E-state index contributed by atoms with van der Waals surface area (Å²) in [7, 11) is 1.86. The van der Waals surface area contributed by atoms with Gasteiger partial charge in [0.2, 0.25) is 5.91 Å². The first kappa shape index (κ1) is 16.9. The minimum Gasteiger partial charge on any atom is -0.340 e. The molecule has 2 amide bonds. The number of hydrogen-bond donors (Lipinski definition) is 2. The van der Waals surface area contributed by atoms with E-state index >= 15 is 0 Å². The topological polar surface area (TPSA) is 93.2 Å². The number of carbonyl (C=O) groups excluding carboxylic acids is 2. The summed E-state index contributed by atoms with van der Waals surface area (Å²) >= 11 is 1.39. The summed E-state index contributed by atoms with van der Waals surface area (Å²) in [5.41, 5.74) is 6.82. The van der Waals surface area contributed by atoms with Crippen molar-refractivity contribution in [1.82, 2.24) is 20.0 Å². The molecular weight excluding hydrogens is 326 g/mol. The van der Waals surface area contributed by atoms with Crippen molar-refractivity contribution in [3.63, 3.8) is 0 Å². The van der Waals surface area contributed by atoms with E-state index < -0.39 is 6.04 Å². The number of fused-ring (bicyclic) bond motifs is 1. The predicted molar refractivity (Wildman–Crippen MR) is 94.0 cm³/mol. The lowest BCUT2D eigenvalue weighted by Gasteiger charge is -2.32. The summed E-state index contributed by atoms with van der Waals surface area (Å²) in [6.45, 7) is 4.91. The number of aryl methyl sites for hydroxylation is 2. The van der Waals surface area contributed by atoms with Crippen LogP contribution in [0.15, 0.2) is 6.07 Å². The third-order valence-corrected chi connectivity index (χ3v) is 5.61. The van der Waals surface area contributed by atoms with Gasteiger partial charge in [0.05, 0.1) is 10.6 Å². The summed E-state index contributed by atoms with van der Waals surface area (Å²) < 4.78 is 1.77. The van der Waals surface area contributed by atoms with E-state index in [1.54, 1.807) is 16.5 Å². The van der Waals surface area contributed by atoms with Gasteiger partial charge in [0.1, 0.15) is 10.9 Å². The van der Waals surface area contributed by atoms with Crippen LogP contribution >= 0.6 is 11.3 Å². The summed E-state index contributed by atoms with van der Waals surface area (Å²) in [6.07, 6.45) is 1.86. The molecule has 0 aliphatic carbocycles. The van der Waals surface area contributed by atoms with E-state index in [2.05, 4.69) is 10.4 Å². The first-order chi connectivity index (χ1) is 11.4. The van der Waals surface area contributed by atoms with Crippen molar-refractivity contribution >= 4 is 33.4 Å². The van der Waals surface area contributed by atoms with Crippen molar-refractivity contribution in [3.05, 3.63) is 16.6 Å². The van der Waals surface area contributed by atoms with Gasteiger partial charge in [-0.05, 0) is 32.8 Å². The third kappa shape index (κ3) is 3.16. The molecule has 0 saturated carbocycles. The van der Waals surface area contributed by atoms with Crippen LogP contribution < -0.4 is 11.1 Å². The quantitative estimate of drug-likeness (QED) is 0.865. The van der Waals surface area contributed by atoms with E-state index in [0.717, 1.165) is 28.8 Å². The number of carbonyl (C=O) groups is 2. The number of nitrogens with zero attached hydrogens (tertiary/aromatic N) is 3. The van der Waals surface area contributed by atoms with Gasteiger partial charge in [-0.3, -0.25) is 14.3 Å². The fourth-order valence-corrected chi connectivity index (χ4v) is 4.16. The second-order valence-corrected chi connectivity index (χ2v) is 7.45. The number of amides is 2. The van der Waals surface area contributed by atoms with Crippen molar-refractivity contribution in [2.45, 2.75) is 38.8 Å². The molecular formula is C16H23N5O2S. The van der Waals surface area contributed by atoms with Crippen LogP contribution in [-0.4, -0.2) is 51.7 Å². The third-order valence-electron chi connectivity index (χ3n) is 4.41. The second-order valence-electron chi connectivity index (χ2n) is 6.42. The van der Waals surface area contributed by atoms with E-state index in [1.165, 1.54) is 11.3 Å². The van der Waals surface area contributed by atoms with Crippen molar-refractivity contribution in [2.75, 3.05) is 13.1 Å². The molecule has 2 atom stereocenters. The standard InChI is InChI=1S/C16H23N5O2S/c1-9-12-7-13(24-16(12)20(3)19-9)14(22)18-10(2)15(23)21-6-4-5-11(17)8-21/h7,10-11H,4-6,8,17H2,1-3H3,(H,18,22). The molecule has 0 radical (unpaired) electrons. The molecule has 2 aromatic heterocycles. The van der Waals surface area contributed by atoms with E-state index in [4.69, 9.17) is 5.73 Å². The van der Waals surface area contributed by atoms with Crippen LogP contribution in [0.1, 0.15) is 35.1 Å². The minimum atomic E-state index is -0.563. The first-order valence-corrected chi connectivity index (χ1v) is 8.97. The highest BCUT2D eigenvalue weighted by molar-refractivity contribution is 7.20. The lowest BCUT2D eigenvalue weighted by atomic mass is 10.1. The maximum Gasteiger partial charge on any atom is 0.262 e. The predicted octanol–water partition coefficient (Wildman–Crippen LogP) is 1.01. The summed E-state index contributed by atoms with van der Waals surface area (Å²) in [4.78, 5) is 28.3. The molecule has 3 N–H and O–H groups in total. The monoisotopic (exact) mass is 349 g/mol. The average Bonchev–Trinajstić information content (AvgIpc) is 3.09. The summed E-state index contributed by atoms with van der Waals surface area (Å²) in [5, 5.41) is 8.12. The maximum absolute atomic E-state index is 12.5. The van der Waals surface area contributed by atoms with Crippen LogP contribution in [0, 0.1) is 6.92 Å². The van der Waals surface area contributed by atoms with Crippen LogP contribution in [0.3, 0.4) is 0 Å². The maximum atomic E-state index is 12.5. The van der Waals surface area contributed by atoms with Crippen molar-refractivity contribution < 1.29 is 9.59 Å². The Bertz CT molecular complexity index is 746. The number of thiophene rings is 1. The van der Waals surface area contributed by atoms with Crippen molar-refractivity contribution in [3.8, 4) is 0 Å². The molecule has 0 bridgehead atoms. The largest absolute Gasteiger partial charge is 0.340 e. The highest BCUT2D eigenvalue weighted by Gasteiger charge is 2.27. The Balaban J connectivity index is 1.68. The normalized spacial score (nSPS) is 19.5. The Labute approximate surface area is 144 Å². The number of piperidine rings is 1. The lowest BCUT2D eigenvalue weighted by molar-refractivity contribution is -0.134.